The van der Waals surface area contributed by atoms with Crippen molar-refractivity contribution in [1.82, 2.24) is 0 Å². The molecule has 0 aromatic heterocycles. The summed E-state index contributed by atoms with van der Waals surface area (Å²) < 4.78 is 17.0. The molecule has 29 heavy (non-hydrogen) atoms. The predicted octanol–water partition coefficient (Wildman–Crippen LogP) is 4.11. The quantitative estimate of drug-likeness (QED) is 0.796. The monoisotopic (exact) mass is 396 g/mol. The first kappa shape index (κ1) is 19.6. The Bertz CT molecular complexity index is 843. The summed E-state index contributed by atoms with van der Waals surface area (Å²) in [6.07, 6.45) is 4.79. The highest BCUT2D eigenvalue weighted by molar-refractivity contribution is 6.06. The number of benzene rings is 2. The summed E-state index contributed by atoms with van der Waals surface area (Å²) in [5.41, 5.74) is 2.35. The highest BCUT2D eigenvalue weighted by atomic mass is 16.5. The molecule has 1 saturated carbocycles. The van der Waals surface area contributed by atoms with Crippen molar-refractivity contribution in [2.45, 2.75) is 31.8 Å². The van der Waals surface area contributed by atoms with Gasteiger partial charge in [0, 0.05) is 18.7 Å². The number of carbonyl (C=O) groups excluding carboxylic acids is 1. The molecule has 2 aliphatic rings. The summed E-state index contributed by atoms with van der Waals surface area (Å²) in [7, 11) is 1.60. The topological polar surface area (TPSA) is 60.0 Å². The number of para-hydroxylation sites is 2. The van der Waals surface area contributed by atoms with Gasteiger partial charge in [-0.2, -0.15) is 0 Å². The van der Waals surface area contributed by atoms with Crippen LogP contribution < -0.4 is 19.7 Å². The molecule has 0 unspecified atom stereocenters. The van der Waals surface area contributed by atoms with Gasteiger partial charge in [0.1, 0.15) is 0 Å². The van der Waals surface area contributed by atoms with Gasteiger partial charge in [-0.1, -0.05) is 12.1 Å². The predicted molar refractivity (Wildman–Crippen MR) is 113 cm³/mol. The minimum Gasteiger partial charge on any atom is -0.493 e. The average Bonchev–Trinajstić information content (AvgIpc) is 3.28. The summed E-state index contributed by atoms with van der Waals surface area (Å²) >= 11 is 0. The summed E-state index contributed by atoms with van der Waals surface area (Å²) in [6, 6.07) is 13.2. The number of ether oxygens (including phenoxy) is 3. The molecule has 1 aliphatic heterocycles. The first-order chi connectivity index (χ1) is 14.2. The molecule has 1 heterocycles. The molecule has 0 atom stereocenters. The van der Waals surface area contributed by atoms with Crippen molar-refractivity contribution < 1.29 is 19.0 Å². The van der Waals surface area contributed by atoms with Crippen molar-refractivity contribution in [3.05, 3.63) is 48.0 Å². The van der Waals surface area contributed by atoms with Crippen LogP contribution in [0.4, 0.5) is 11.4 Å². The molecular weight excluding hydrogens is 368 g/mol. The van der Waals surface area contributed by atoms with Crippen LogP contribution in [0, 0.1) is 0 Å². The van der Waals surface area contributed by atoms with Crippen LogP contribution in [0.1, 0.15) is 36.0 Å². The maximum absolute atomic E-state index is 12.9. The second kappa shape index (κ2) is 9.18. The number of hydrogen-bond donors (Lipinski definition) is 1. The van der Waals surface area contributed by atoms with Crippen molar-refractivity contribution in [3.63, 3.8) is 0 Å². The number of anilines is 2. The maximum atomic E-state index is 12.9. The Morgan fingerprint density at radius 2 is 1.83 bits per heavy atom. The number of methoxy groups -OCH3 is 1. The molecule has 0 bridgehead atoms. The van der Waals surface area contributed by atoms with E-state index in [0.29, 0.717) is 30.3 Å². The SMILES string of the molecule is COc1cc(C(=O)Nc2ccccc2N2CCOCC2)ccc1OC1CCCC1. The normalized spacial score (nSPS) is 17.2. The Balaban J connectivity index is 1.50. The lowest BCUT2D eigenvalue weighted by Gasteiger charge is -2.30. The molecule has 4 rings (SSSR count). The Morgan fingerprint density at radius 3 is 2.59 bits per heavy atom. The standard InChI is InChI=1S/C23H28N2O4/c1-27-22-16-17(10-11-21(22)29-18-6-2-3-7-18)23(26)24-19-8-4-5-9-20(19)25-12-14-28-15-13-25/h4-5,8-11,16,18H,2-3,6-7,12-15H2,1H3,(H,24,26). The highest BCUT2D eigenvalue weighted by Gasteiger charge is 2.20. The molecule has 2 aromatic carbocycles. The second-order valence-corrected chi connectivity index (χ2v) is 7.46. The number of hydrogen-bond acceptors (Lipinski definition) is 5. The van der Waals surface area contributed by atoms with Crippen molar-refractivity contribution in [3.8, 4) is 11.5 Å². The van der Waals surface area contributed by atoms with Gasteiger partial charge in [0.15, 0.2) is 11.5 Å². The number of carbonyl (C=O) groups is 1. The van der Waals surface area contributed by atoms with Gasteiger partial charge >= 0.3 is 0 Å². The highest BCUT2D eigenvalue weighted by Crippen LogP contribution is 2.33. The van der Waals surface area contributed by atoms with E-state index in [1.54, 1.807) is 19.2 Å². The molecule has 2 aromatic rings. The third-order valence-corrected chi connectivity index (χ3v) is 5.53. The zero-order valence-corrected chi connectivity index (χ0v) is 16.9. The van der Waals surface area contributed by atoms with Crippen LogP contribution in [-0.2, 0) is 4.74 Å². The van der Waals surface area contributed by atoms with Gasteiger partial charge in [-0.3, -0.25) is 4.79 Å². The minimum absolute atomic E-state index is 0.170. The van der Waals surface area contributed by atoms with E-state index in [2.05, 4.69) is 10.2 Å². The van der Waals surface area contributed by atoms with Gasteiger partial charge in [0.25, 0.3) is 5.91 Å². The van der Waals surface area contributed by atoms with Crippen LogP contribution in [0.3, 0.4) is 0 Å². The Hall–Kier alpha value is -2.73. The largest absolute Gasteiger partial charge is 0.493 e. The summed E-state index contributed by atoms with van der Waals surface area (Å²) in [6.45, 7) is 3.02. The van der Waals surface area contributed by atoms with E-state index in [0.717, 1.165) is 37.3 Å². The van der Waals surface area contributed by atoms with E-state index in [1.165, 1.54) is 12.8 Å². The summed E-state index contributed by atoms with van der Waals surface area (Å²) in [5, 5.41) is 3.05. The molecular formula is C23H28N2O4. The molecule has 6 heteroatoms. The van der Waals surface area contributed by atoms with E-state index in [-0.39, 0.29) is 12.0 Å². The van der Waals surface area contributed by atoms with Crippen LogP contribution in [0.15, 0.2) is 42.5 Å². The zero-order valence-electron chi connectivity index (χ0n) is 16.9. The second-order valence-electron chi connectivity index (χ2n) is 7.46. The number of morpholine rings is 1. The van der Waals surface area contributed by atoms with Crippen LogP contribution in [0.2, 0.25) is 0 Å². The van der Waals surface area contributed by atoms with Crippen LogP contribution in [0.5, 0.6) is 11.5 Å². The lowest BCUT2D eigenvalue weighted by Crippen LogP contribution is -2.36. The molecule has 154 valence electrons. The van der Waals surface area contributed by atoms with Crippen LogP contribution in [0.25, 0.3) is 0 Å². The maximum Gasteiger partial charge on any atom is 0.255 e. The van der Waals surface area contributed by atoms with Crippen molar-refractivity contribution in [2.75, 3.05) is 43.6 Å². The van der Waals surface area contributed by atoms with Crippen LogP contribution >= 0.6 is 0 Å². The van der Waals surface area contributed by atoms with Crippen LogP contribution in [-0.4, -0.2) is 45.4 Å². The fraction of sp³-hybridized carbons (Fsp3) is 0.435. The molecule has 1 saturated heterocycles. The molecule has 0 radical (unpaired) electrons. The summed E-state index contributed by atoms with van der Waals surface area (Å²) in [4.78, 5) is 15.2. The molecule has 1 aliphatic carbocycles. The third-order valence-electron chi connectivity index (χ3n) is 5.53. The van der Waals surface area contributed by atoms with Crippen molar-refractivity contribution >= 4 is 17.3 Å². The van der Waals surface area contributed by atoms with Gasteiger partial charge in [-0.05, 0) is 56.0 Å². The van der Waals surface area contributed by atoms with E-state index in [4.69, 9.17) is 14.2 Å². The fourth-order valence-corrected chi connectivity index (χ4v) is 3.95. The van der Waals surface area contributed by atoms with Crippen molar-refractivity contribution in [1.29, 1.82) is 0 Å². The first-order valence-electron chi connectivity index (χ1n) is 10.3. The zero-order chi connectivity index (χ0) is 20.1. The molecule has 2 fully saturated rings. The van der Waals surface area contributed by atoms with E-state index < -0.39 is 0 Å². The van der Waals surface area contributed by atoms with Gasteiger partial charge in [0.05, 0.1) is 37.8 Å². The minimum atomic E-state index is -0.170. The Labute approximate surface area is 171 Å². The molecule has 6 nitrogen and oxygen atoms in total. The molecule has 1 N–H and O–H groups in total. The fourth-order valence-electron chi connectivity index (χ4n) is 3.95. The first-order valence-corrected chi connectivity index (χ1v) is 10.3. The van der Waals surface area contributed by atoms with Gasteiger partial charge < -0.3 is 24.4 Å². The van der Waals surface area contributed by atoms with E-state index >= 15 is 0 Å². The number of nitrogens with one attached hydrogen (secondary N) is 1. The van der Waals surface area contributed by atoms with Gasteiger partial charge in [-0.25, -0.2) is 0 Å². The number of nitrogens with zero attached hydrogens (tertiary/aromatic N) is 1. The van der Waals surface area contributed by atoms with Gasteiger partial charge in [0.2, 0.25) is 0 Å². The Kier molecular flexibility index (Phi) is 6.20. The smallest absolute Gasteiger partial charge is 0.255 e. The molecule has 1 amide bonds. The Morgan fingerprint density at radius 1 is 1.07 bits per heavy atom. The lowest BCUT2D eigenvalue weighted by molar-refractivity contribution is 0.102. The summed E-state index contributed by atoms with van der Waals surface area (Å²) in [5.74, 6) is 1.12. The van der Waals surface area contributed by atoms with Crippen molar-refractivity contribution in [2.24, 2.45) is 0 Å². The lowest BCUT2D eigenvalue weighted by atomic mass is 10.1. The van der Waals surface area contributed by atoms with E-state index in [1.807, 2.05) is 30.3 Å². The molecule has 0 spiro atoms. The van der Waals surface area contributed by atoms with Gasteiger partial charge in [-0.15, -0.1) is 0 Å². The average molecular weight is 396 g/mol. The third kappa shape index (κ3) is 4.65. The number of amides is 1. The number of rotatable bonds is 6. The van der Waals surface area contributed by atoms with E-state index in [9.17, 15) is 4.79 Å².